The summed E-state index contributed by atoms with van der Waals surface area (Å²) >= 11 is 4.10. The normalized spacial score (nSPS) is 26.0. The fourth-order valence-corrected chi connectivity index (χ4v) is 6.74. The van der Waals surface area contributed by atoms with Crippen molar-refractivity contribution in [2.24, 2.45) is 5.16 Å². The SMILES string of the molecule is CN1CC[C@H](S/C=C/C2=C(C(=O)O)N3C(=O)[C@@H](NC(=O)C(=NO)c4csc(N)n4)[C@H]3SC2)C1. The summed E-state index contributed by atoms with van der Waals surface area (Å²) in [7, 11) is 2.07. The summed E-state index contributed by atoms with van der Waals surface area (Å²) in [4.78, 5) is 44.7. The number of fused-ring (bicyclic) bond motifs is 1. The van der Waals surface area contributed by atoms with E-state index in [0.29, 0.717) is 16.6 Å². The van der Waals surface area contributed by atoms with Crippen molar-refractivity contribution in [3.63, 3.8) is 0 Å². The van der Waals surface area contributed by atoms with Gasteiger partial charge in [0.15, 0.2) is 10.8 Å². The molecule has 3 aliphatic heterocycles. The number of nitrogens with two attached hydrogens (primary N) is 1. The van der Waals surface area contributed by atoms with Gasteiger partial charge in [0.2, 0.25) is 0 Å². The van der Waals surface area contributed by atoms with E-state index in [4.69, 9.17) is 5.73 Å². The van der Waals surface area contributed by atoms with Crippen molar-refractivity contribution >= 4 is 63.5 Å². The first kappa shape index (κ1) is 23.6. The lowest BCUT2D eigenvalue weighted by molar-refractivity contribution is -0.150. The minimum atomic E-state index is -1.20. The Kier molecular flexibility index (Phi) is 6.97. The number of amides is 2. The number of anilines is 1. The molecule has 2 amide bonds. The zero-order valence-corrected chi connectivity index (χ0v) is 20.0. The molecular formula is C19H22N6O5S3. The first-order chi connectivity index (χ1) is 15.8. The molecule has 3 aliphatic rings. The molecule has 0 bridgehead atoms. The molecule has 0 saturated carbocycles. The lowest BCUT2D eigenvalue weighted by atomic mass is 10.0. The van der Waals surface area contributed by atoms with Gasteiger partial charge in [0.25, 0.3) is 11.8 Å². The Balaban J connectivity index is 1.45. The molecule has 0 aliphatic carbocycles. The molecule has 2 fully saturated rings. The fraction of sp³-hybridized carbons (Fsp3) is 0.421. The van der Waals surface area contributed by atoms with E-state index in [1.165, 1.54) is 22.0 Å². The van der Waals surface area contributed by atoms with E-state index in [2.05, 4.69) is 27.4 Å². The maximum Gasteiger partial charge on any atom is 0.352 e. The van der Waals surface area contributed by atoms with Crippen LogP contribution in [0.3, 0.4) is 0 Å². The van der Waals surface area contributed by atoms with Gasteiger partial charge in [0.1, 0.15) is 22.8 Å². The molecule has 33 heavy (non-hydrogen) atoms. The molecule has 0 unspecified atom stereocenters. The second-order valence-electron chi connectivity index (χ2n) is 7.67. The van der Waals surface area contributed by atoms with Gasteiger partial charge in [-0.15, -0.1) is 34.9 Å². The van der Waals surface area contributed by atoms with Crippen molar-refractivity contribution in [2.75, 3.05) is 31.6 Å². The van der Waals surface area contributed by atoms with Crippen molar-refractivity contribution in [3.05, 3.63) is 33.8 Å². The zero-order valence-electron chi connectivity index (χ0n) is 17.5. The van der Waals surface area contributed by atoms with Crippen LogP contribution in [0.15, 0.2) is 33.3 Å². The van der Waals surface area contributed by atoms with Crippen molar-refractivity contribution in [3.8, 4) is 0 Å². The van der Waals surface area contributed by atoms with Crippen molar-refractivity contribution in [1.29, 1.82) is 0 Å². The molecule has 1 aromatic rings. The molecule has 3 atom stereocenters. The molecule has 4 rings (SSSR count). The van der Waals surface area contributed by atoms with Gasteiger partial charge in [-0.1, -0.05) is 5.16 Å². The predicted molar refractivity (Wildman–Crippen MR) is 127 cm³/mol. The Bertz CT molecular complexity index is 1070. The van der Waals surface area contributed by atoms with Crippen LogP contribution >= 0.6 is 34.9 Å². The number of oxime groups is 1. The molecule has 0 radical (unpaired) electrons. The predicted octanol–water partition coefficient (Wildman–Crippen LogP) is 0.593. The van der Waals surface area contributed by atoms with Crippen LogP contribution in [0.1, 0.15) is 12.1 Å². The average Bonchev–Trinajstić information content (AvgIpc) is 3.39. The number of aliphatic carboxylic acids is 1. The largest absolute Gasteiger partial charge is 0.477 e. The van der Waals surface area contributed by atoms with Crippen LogP contribution in [-0.4, -0.2) is 91.1 Å². The maximum atomic E-state index is 12.8. The average molecular weight is 511 g/mol. The summed E-state index contributed by atoms with van der Waals surface area (Å²) in [6, 6.07) is -0.946. The van der Waals surface area contributed by atoms with Gasteiger partial charge < -0.3 is 26.3 Å². The molecule has 4 heterocycles. The first-order valence-corrected chi connectivity index (χ1v) is 12.8. The highest BCUT2D eigenvalue weighted by atomic mass is 32.2. The number of hydrogen-bond acceptors (Lipinski definition) is 11. The third-order valence-electron chi connectivity index (χ3n) is 5.45. The van der Waals surface area contributed by atoms with Crippen LogP contribution in [0.2, 0.25) is 0 Å². The van der Waals surface area contributed by atoms with E-state index >= 15 is 0 Å². The van der Waals surface area contributed by atoms with Gasteiger partial charge in [0.05, 0.1) is 0 Å². The standard InChI is InChI=1S/C19H22N6O5S3/c1-24-4-2-10(6-24)31-5-3-9-7-32-17-13(16(27)25(17)14(9)18(28)29)22-15(26)12(23-30)11-8-33-19(20)21-11/h3,5,8,10,13,17,30H,2,4,6-7H2,1H3,(H2,20,21)(H,22,26)(H,28,29)/b5-3+,23-12?/t10-,13+,17+/m0/s1. The van der Waals surface area contributed by atoms with Crippen molar-refractivity contribution < 1.29 is 24.7 Å². The summed E-state index contributed by atoms with van der Waals surface area (Å²) in [5, 5.41) is 28.0. The van der Waals surface area contributed by atoms with E-state index in [1.54, 1.807) is 17.8 Å². The highest BCUT2D eigenvalue weighted by molar-refractivity contribution is 8.02. The summed E-state index contributed by atoms with van der Waals surface area (Å²) in [6.07, 6.45) is 2.84. The number of thioether (sulfide) groups is 2. The van der Waals surface area contributed by atoms with Gasteiger partial charge in [0, 0.05) is 22.9 Å². The number of β-lactam (4-membered cyclic amide) rings is 1. The smallest absolute Gasteiger partial charge is 0.352 e. The van der Waals surface area contributed by atoms with E-state index in [9.17, 15) is 24.7 Å². The van der Waals surface area contributed by atoms with E-state index in [-0.39, 0.29) is 22.2 Å². The zero-order chi connectivity index (χ0) is 23.7. The second-order valence-corrected chi connectivity index (χ2v) is 10.9. The Morgan fingerprint density at radius 1 is 1.45 bits per heavy atom. The molecule has 0 aromatic carbocycles. The van der Waals surface area contributed by atoms with E-state index in [0.717, 1.165) is 30.8 Å². The van der Waals surface area contributed by atoms with E-state index < -0.39 is 29.2 Å². The summed E-state index contributed by atoms with van der Waals surface area (Å²) in [6.45, 7) is 2.02. The first-order valence-electron chi connectivity index (χ1n) is 9.96. The van der Waals surface area contributed by atoms with Gasteiger partial charge in [-0.05, 0) is 37.1 Å². The molecular weight excluding hydrogens is 488 g/mol. The minimum Gasteiger partial charge on any atom is -0.477 e. The number of hydrogen-bond donors (Lipinski definition) is 4. The molecule has 1 aromatic heterocycles. The van der Waals surface area contributed by atoms with Crippen molar-refractivity contribution in [1.82, 2.24) is 20.1 Å². The van der Waals surface area contributed by atoms with E-state index in [1.807, 2.05) is 5.41 Å². The number of aromatic nitrogens is 1. The molecule has 5 N–H and O–H groups in total. The third-order valence-corrected chi connectivity index (χ3v) is 8.49. The Morgan fingerprint density at radius 2 is 2.24 bits per heavy atom. The van der Waals surface area contributed by atoms with Gasteiger partial charge in [-0.3, -0.25) is 14.5 Å². The van der Waals surface area contributed by atoms with Crippen LogP contribution in [0.4, 0.5) is 5.13 Å². The summed E-state index contributed by atoms with van der Waals surface area (Å²) < 4.78 is 0. The topological polar surface area (TPSA) is 161 Å². The number of carbonyl (C=O) groups excluding carboxylic acids is 2. The minimum absolute atomic E-state index is 0.0713. The highest BCUT2D eigenvalue weighted by Crippen LogP contribution is 2.41. The van der Waals surface area contributed by atoms with Gasteiger partial charge >= 0.3 is 5.97 Å². The third kappa shape index (κ3) is 4.74. The number of carbonyl (C=O) groups is 3. The molecule has 2 saturated heterocycles. The lowest BCUT2D eigenvalue weighted by Gasteiger charge is -2.49. The quantitative estimate of drug-likeness (QED) is 0.177. The Hall–Kier alpha value is -2.55. The van der Waals surface area contributed by atoms with Crippen LogP contribution < -0.4 is 11.1 Å². The summed E-state index contributed by atoms with van der Waals surface area (Å²) in [5.41, 5.74) is 5.75. The number of nitrogen functional groups attached to an aromatic ring is 1. The van der Waals surface area contributed by atoms with Crippen LogP contribution in [0.5, 0.6) is 0 Å². The second kappa shape index (κ2) is 9.75. The molecule has 0 spiro atoms. The Morgan fingerprint density at radius 3 is 2.85 bits per heavy atom. The number of allylic oxidation sites excluding steroid dienone is 1. The molecule has 14 heteroatoms. The molecule has 11 nitrogen and oxygen atoms in total. The van der Waals surface area contributed by atoms with Crippen molar-refractivity contribution in [2.45, 2.75) is 23.1 Å². The number of carboxylic acid groups (broad SMARTS) is 1. The number of nitrogens with zero attached hydrogens (tertiary/aromatic N) is 4. The maximum absolute atomic E-state index is 12.8. The van der Waals surface area contributed by atoms with Crippen LogP contribution in [-0.2, 0) is 14.4 Å². The van der Waals surface area contributed by atoms with Gasteiger partial charge in [-0.2, -0.15) is 0 Å². The Labute approximate surface area is 201 Å². The number of nitrogens with one attached hydrogen (secondary N) is 1. The monoisotopic (exact) mass is 510 g/mol. The number of likely N-dealkylation sites (tertiary alicyclic amines) is 1. The lowest BCUT2D eigenvalue weighted by Crippen LogP contribution is -2.71. The number of thiazole rings is 1. The highest BCUT2D eigenvalue weighted by Gasteiger charge is 2.54. The molecule has 176 valence electrons. The number of rotatable bonds is 7. The van der Waals surface area contributed by atoms with Gasteiger partial charge in [-0.25, -0.2) is 9.78 Å². The fourth-order valence-electron chi connectivity index (χ4n) is 3.83. The number of carboxylic acids is 1. The summed E-state index contributed by atoms with van der Waals surface area (Å²) in [5.74, 6) is -2.15. The van der Waals surface area contributed by atoms with Crippen LogP contribution in [0, 0.1) is 0 Å². The van der Waals surface area contributed by atoms with Crippen LogP contribution in [0.25, 0.3) is 0 Å².